The maximum Gasteiger partial charge on any atom is 0.255 e. The molecule has 1 heterocycles. The lowest BCUT2D eigenvalue weighted by molar-refractivity contribution is 0.102. The number of carbonyl (C=O) groups is 1. The number of halogens is 3. The van der Waals surface area contributed by atoms with Crippen LogP contribution in [0.4, 0.5) is 10.1 Å². The zero-order valence-corrected chi connectivity index (χ0v) is 12.1. The first-order valence-corrected chi connectivity index (χ1v) is 6.53. The Balaban J connectivity index is 2.24. The molecule has 0 aliphatic rings. The molecule has 0 saturated carbocycles. The second kappa shape index (κ2) is 5.58. The number of aromatic nitrogens is 1. The molecular weight excluding hydrogens is 367 g/mol. The number of nitrogens with zero attached hydrogens (tertiary/aromatic N) is 1. The van der Waals surface area contributed by atoms with Gasteiger partial charge in [0.15, 0.2) is 0 Å². The predicted octanol–water partition coefficient (Wildman–Crippen LogP) is 4.00. The maximum absolute atomic E-state index is 13.1. The average Bonchev–Trinajstić information content (AvgIpc) is 2.34. The number of hydrogen-bond donors (Lipinski definition) is 1. The van der Waals surface area contributed by atoms with Crippen molar-refractivity contribution in [1.82, 2.24) is 4.98 Å². The quantitative estimate of drug-likeness (QED) is 0.808. The van der Waals surface area contributed by atoms with Crippen LogP contribution in [0.2, 0.25) is 0 Å². The van der Waals surface area contributed by atoms with Crippen LogP contribution in [0, 0.1) is 5.82 Å². The van der Waals surface area contributed by atoms with Gasteiger partial charge in [-0.1, -0.05) is 0 Å². The van der Waals surface area contributed by atoms with E-state index in [1.54, 1.807) is 12.1 Å². The molecule has 6 heteroatoms. The molecule has 0 spiro atoms. The van der Waals surface area contributed by atoms with E-state index in [4.69, 9.17) is 0 Å². The van der Waals surface area contributed by atoms with Crippen LogP contribution in [0.3, 0.4) is 0 Å². The van der Waals surface area contributed by atoms with Crippen LogP contribution >= 0.6 is 31.9 Å². The molecule has 0 aliphatic heterocycles. The van der Waals surface area contributed by atoms with Gasteiger partial charge in [-0.2, -0.15) is 0 Å². The van der Waals surface area contributed by atoms with Gasteiger partial charge in [0.05, 0.1) is 5.69 Å². The largest absolute Gasteiger partial charge is 0.321 e. The van der Waals surface area contributed by atoms with Crippen LogP contribution in [-0.4, -0.2) is 10.9 Å². The minimum Gasteiger partial charge on any atom is -0.321 e. The minimum absolute atomic E-state index is 0.329. The summed E-state index contributed by atoms with van der Waals surface area (Å²) in [5.74, 6) is -0.742. The molecule has 1 N–H and O–H groups in total. The molecule has 18 heavy (non-hydrogen) atoms. The molecule has 1 aromatic carbocycles. The van der Waals surface area contributed by atoms with Gasteiger partial charge in [-0.25, -0.2) is 9.37 Å². The number of anilines is 1. The number of nitrogens with one attached hydrogen (secondary N) is 1. The SMILES string of the molecule is O=C(Nc1cc(F)ccc1Br)c1ccnc(Br)c1. The minimum atomic E-state index is -0.413. The van der Waals surface area contributed by atoms with Gasteiger partial charge in [0.25, 0.3) is 5.91 Å². The Morgan fingerprint density at radius 1 is 1.22 bits per heavy atom. The lowest BCUT2D eigenvalue weighted by Crippen LogP contribution is -2.12. The second-order valence-corrected chi connectivity index (χ2v) is 5.11. The van der Waals surface area contributed by atoms with Gasteiger partial charge in [-0.05, 0) is 62.2 Å². The zero-order valence-electron chi connectivity index (χ0n) is 8.95. The first-order chi connectivity index (χ1) is 8.56. The Kier molecular flexibility index (Phi) is 4.08. The van der Waals surface area contributed by atoms with E-state index in [0.29, 0.717) is 20.3 Å². The predicted molar refractivity (Wildman–Crippen MR) is 74.0 cm³/mol. The van der Waals surface area contributed by atoms with E-state index < -0.39 is 5.82 Å². The number of hydrogen-bond acceptors (Lipinski definition) is 2. The summed E-state index contributed by atoms with van der Waals surface area (Å²) in [5, 5.41) is 2.62. The first-order valence-electron chi connectivity index (χ1n) is 4.94. The van der Waals surface area contributed by atoms with E-state index in [2.05, 4.69) is 42.2 Å². The van der Waals surface area contributed by atoms with Crippen LogP contribution in [0.1, 0.15) is 10.4 Å². The van der Waals surface area contributed by atoms with Crippen molar-refractivity contribution in [2.24, 2.45) is 0 Å². The Hall–Kier alpha value is -1.27. The molecule has 92 valence electrons. The summed E-state index contributed by atoms with van der Waals surface area (Å²) in [6.45, 7) is 0. The number of pyridine rings is 1. The van der Waals surface area contributed by atoms with Crippen molar-refractivity contribution in [2.75, 3.05) is 5.32 Å². The summed E-state index contributed by atoms with van der Waals surface area (Å²) in [6.07, 6.45) is 1.51. The fourth-order valence-corrected chi connectivity index (χ4v) is 2.04. The van der Waals surface area contributed by atoms with Crippen molar-refractivity contribution in [3.8, 4) is 0 Å². The van der Waals surface area contributed by atoms with Crippen LogP contribution in [0.15, 0.2) is 45.6 Å². The van der Waals surface area contributed by atoms with Crippen molar-refractivity contribution >= 4 is 43.5 Å². The Labute approximate surface area is 120 Å². The third-order valence-electron chi connectivity index (χ3n) is 2.17. The summed E-state index contributed by atoms with van der Waals surface area (Å²) >= 11 is 6.42. The van der Waals surface area contributed by atoms with Crippen LogP contribution in [-0.2, 0) is 0 Å². The smallest absolute Gasteiger partial charge is 0.255 e. The van der Waals surface area contributed by atoms with Gasteiger partial charge in [-0.15, -0.1) is 0 Å². The Morgan fingerprint density at radius 3 is 2.72 bits per heavy atom. The molecule has 0 atom stereocenters. The van der Waals surface area contributed by atoms with Gasteiger partial charge >= 0.3 is 0 Å². The summed E-state index contributed by atoms with van der Waals surface area (Å²) in [6, 6.07) is 7.25. The fraction of sp³-hybridized carbons (Fsp3) is 0. The Morgan fingerprint density at radius 2 is 2.00 bits per heavy atom. The third kappa shape index (κ3) is 3.14. The van der Waals surface area contributed by atoms with Crippen LogP contribution < -0.4 is 5.32 Å². The van der Waals surface area contributed by atoms with E-state index >= 15 is 0 Å². The van der Waals surface area contributed by atoms with Crippen molar-refractivity contribution in [1.29, 1.82) is 0 Å². The lowest BCUT2D eigenvalue weighted by atomic mass is 10.2. The molecule has 1 amide bonds. The molecular formula is C12H7Br2FN2O. The van der Waals surface area contributed by atoms with E-state index in [0.717, 1.165) is 0 Å². The maximum atomic E-state index is 13.1. The highest BCUT2D eigenvalue weighted by Gasteiger charge is 2.09. The van der Waals surface area contributed by atoms with E-state index in [1.165, 1.54) is 24.4 Å². The van der Waals surface area contributed by atoms with Crippen molar-refractivity contribution in [3.63, 3.8) is 0 Å². The molecule has 3 nitrogen and oxygen atoms in total. The third-order valence-corrected chi connectivity index (χ3v) is 3.29. The van der Waals surface area contributed by atoms with E-state index in [-0.39, 0.29) is 5.91 Å². The fourth-order valence-electron chi connectivity index (χ4n) is 1.33. The first kappa shape index (κ1) is 13.2. The van der Waals surface area contributed by atoms with Crippen LogP contribution in [0.25, 0.3) is 0 Å². The number of carbonyl (C=O) groups excluding carboxylic acids is 1. The zero-order chi connectivity index (χ0) is 13.1. The van der Waals surface area contributed by atoms with Crippen LogP contribution in [0.5, 0.6) is 0 Å². The molecule has 2 aromatic rings. The topological polar surface area (TPSA) is 42.0 Å². The highest BCUT2D eigenvalue weighted by atomic mass is 79.9. The van der Waals surface area contributed by atoms with Crippen molar-refractivity contribution in [3.05, 3.63) is 57.0 Å². The van der Waals surface area contributed by atoms with E-state index in [1.807, 2.05) is 0 Å². The second-order valence-electron chi connectivity index (χ2n) is 3.45. The molecule has 0 saturated heterocycles. The average molecular weight is 374 g/mol. The molecule has 0 fully saturated rings. The Bertz CT molecular complexity index is 604. The number of amides is 1. The van der Waals surface area contributed by atoms with Gasteiger partial charge in [-0.3, -0.25) is 4.79 Å². The van der Waals surface area contributed by atoms with Gasteiger partial charge in [0.2, 0.25) is 0 Å². The highest BCUT2D eigenvalue weighted by molar-refractivity contribution is 9.10. The number of rotatable bonds is 2. The molecule has 2 rings (SSSR count). The highest BCUT2D eigenvalue weighted by Crippen LogP contribution is 2.23. The van der Waals surface area contributed by atoms with Crippen molar-refractivity contribution < 1.29 is 9.18 Å². The van der Waals surface area contributed by atoms with Gasteiger partial charge in [0, 0.05) is 16.2 Å². The lowest BCUT2D eigenvalue weighted by Gasteiger charge is -2.07. The summed E-state index contributed by atoms with van der Waals surface area (Å²) in [4.78, 5) is 15.9. The van der Waals surface area contributed by atoms with Gasteiger partial charge < -0.3 is 5.32 Å². The standard InChI is InChI=1S/C12H7Br2FN2O/c13-9-2-1-8(15)6-10(9)17-12(18)7-3-4-16-11(14)5-7/h1-6H,(H,17,18). The summed E-state index contributed by atoms with van der Waals surface area (Å²) in [5.41, 5.74) is 0.820. The normalized spacial score (nSPS) is 10.2. The summed E-state index contributed by atoms with van der Waals surface area (Å²) < 4.78 is 14.3. The summed E-state index contributed by atoms with van der Waals surface area (Å²) in [7, 11) is 0. The molecule has 0 bridgehead atoms. The van der Waals surface area contributed by atoms with E-state index in [9.17, 15) is 9.18 Å². The molecule has 0 unspecified atom stereocenters. The monoisotopic (exact) mass is 372 g/mol. The van der Waals surface area contributed by atoms with Crippen molar-refractivity contribution in [2.45, 2.75) is 0 Å². The molecule has 0 aliphatic carbocycles. The molecule has 0 radical (unpaired) electrons. The molecule has 1 aromatic heterocycles. The van der Waals surface area contributed by atoms with Gasteiger partial charge in [0.1, 0.15) is 10.4 Å². The number of benzene rings is 1.